The zero-order chi connectivity index (χ0) is 18.9. The van der Waals surface area contributed by atoms with Gasteiger partial charge in [0.15, 0.2) is 9.84 Å². The van der Waals surface area contributed by atoms with E-state index in [0.717, 1.165) is 43.9 Å². The lowest BCUT2D eigenvalue weighted by molar-refractivity contribution is 0.0405. The van der Waals surface area contributed by atoms with E-state index < -0.39 is 9.84 Å². The zero-order valence-corrected chi connectivity index (χ0v) is 16.6. The molecule has 0 spiro atoms. The Morgan fingerprint density at radius 2 is 1.70 bits per heavy atom. The molecule has 2 saturated heterocycles. The van der Waals surface area contributed by atoms with Crippen LogP contribution in [0.1, 0.15) is 18.9 Å². The first-order valence-electron chi connectivity index (χ1n) is 9.74. The van der Waals surface area contributed by atoms with Crippen LogP contribution in [-0.4, -0.2) is 66.4 Å². The Balaban J connectivity index is 1.49. The number of nitrogens with zero attached hydrogens (tertiary/aromatic N) is 3. The van der Waals surface area contributed by atoms with Crippen molar-refractivity contribution in [3.63, 3.8) is 0 Å². The van der Waals surface area contributed by atoms with Gasteiger partial charge in [-0.2, -0.15) is 0 Å². The molecule has 1 aromatic carbocycles. The van der Waals surface area contributed by atoms with Crippen molar-refractivity contribution in [1.82, 2.24) is 14.8 Å². The van der Waals surface area contributed by atoms with Gasteiger partial charge in [0.1, 0.15) is 0 Å². The molecule has 0 bridgehead atoms. The molecule has 0 amide bonds. The molecule has 2 fully saturated rings. The number of sulfone groups is 1. The van der Waals surface area contributed by atoms with Crippen LogP contribution in [0, 0.1) is 0 Å². The molecule has 0 unspecified atom stereocenters. The second-order valence-corrected chi connectivity index (χ2v) is 9.78. The van der Waals surface area contributed by atoms with E-state index in [9.17, 15) is 8.42 Å². The van der Waals surface area contributed by atoms with Crippen LogP contribution in [0.2, 0.25) is 0 Å². The highest BCUT2D eigenvalue weighted by Gasteiger charge is 2.46. The number of pyridine rings is 1. The maximum absolute atomic E-state index is 12.3. The van der Waals surface area contributed by atoms with Crippen molar-refractivity contribution in [2.24, 2.45) is 0 Å². The Kier molecular flexibility index (Phi) is 5.30. The van der Waals surface area contributed by atoms with Crippen LogP contribution in [-0.2, 0) is 16.4 Å². The summed E-state index contributed by atoms with van der Waals surface area (Å²) in [7, 11) is -2.94. The summed E-state index contributed by atoms with van der Waals surface area (Å²) in [6, 6.07) is 14.7. The molecule has 3 heterocycles. The highest BCUT2D eigenvalue weighted by atomic mass is 32.2. The van der Waals surface area contributed by atoms with E-state index in [1.165, 1.54) is 5.56 Å². The highest BCUT2D eigenvalue weighted by molar-refractivity contribution is 7.91. The van der Waals surface area contributed by atoms with Gasteiger partial charge < -0.3 is 0 Å². The molecule has 2 atom stereocenters. The van der Waals surface area contributed by atoms with Crippen LogP contribution < -0.4 is 0 Å². The minimum absolute atomic E-state index is 0.116. The number of aromatic nitrogens is 1. The average Bonchev–Trinajstić information content (AvgIpc) is 3.01. The van der Waals surface area contributed by atoms with Crippen LogP contribution in [0.25, 0.3) is 11.3 Å². The van der Waals surface area contributed by atoms with E-state index >= 15 is 0 Å². The second-order valence-electron chi connectivity index (χ2n) is 7.63. The Hall–Kier alpha value is -1.76. The van der Waals surface area contributed by atoms with E-state index in [0.29, 0.717) is 11.5 Å². The van der Waals surface area contributed by atoms with Crippen molar-refractivity contribution in [2.75, 3.05) is 31.1 Å². The third kappa shape index (κ3) is 4.08. The molecule has 0 saturated carbocycles. The lowest BCUT2D eigenvalue weighted by Crippen LogP contribution is -2.58. The van der Waals surface area contributed by atoms with Crippen LogP contribution >= 0.6 is 0 Å². The van der Waals surface area contributed by atoms with E-state index in [4.69, 9.17) is 0 Å². The second kappa shape index (κ2) is 7.70. The number of fused-ring (bicyclic) bond motifs is 1. The molecule has 6 heteroatoms. The third-order valence-electron chi connectivity index (χ3n) is 5.72. The van der Waals surface area contributed by atoms with Gasteiger partial charge in [0.25, 0.3) is 0 Å². The molecule has 1 aromatic heterocycles. The summed E-state index contributed by atoms with van der Waals surface area (Å²) in [5.41, 5.74) is 3.30. The molecule has 2 aliphatic rings. The predicted molar refractivity (Wildman–Crippen MR) is 108 cm³/mol. The molecule has 0 N–H and O–H groups in total. The van der Waals surface area contributed by atoms with E-state index in [-0.39, 0.29) is 12.1 Å². The van der Waals surface area contributed by atoms with Gasteiger partial charge in [-0.05, 0) is 30.7 Å². The molecule has 27 heavy (non-hydrogen) atoms. The van der Waals surface area contributed by atoms with Crippen molar-refractivity contribution < 1.29 is 8.42 Å². The quantitative estimate of drug-likeness (QED) is 0.791. The van der Waals surface area contributed by atoms with Gasteiger partial charge >= 0.3 is 0 Å². The van der Waals surface area contributed by atoms with Crippen molar-refractivity contribution in [3.05, 3.63) is 54.2 Å². The lowest BCUT2D eigenvalue weighted by atomic mass is 10.0. The van der Waals surface area contributed by atoms with Gasteiger partial charge in [0.05, 0.1) is 17.2 Å². The Morgan fingerprint density at radius 3 is 2.37 bits per heavy atom. The van der Waals surface area contributed by atoms with Crippen LogP contribution in [0.3, 0.4) is 0 Å². The Bertz CT molecular complexity index is 868. The lowest BCUT2D eigenvalue weighted by Gasteiger charge is -2.44. The summed E-state index contributed by atoms with van der Waals surface area (Å²) >= 11 is 0. The number of piperazine rings is 1. The maximum atomic E-state index is 12.3. The molecule has 2 aromatic rings. The van der Waals surface area contributed by atoms with E-state index in [2.05, 4.69) is 46.0 Å². The van der Waals surface area contributed by atoms with Gasteiger partial charge in [0.2, 0.25) is 0 Å². The summed E-state index contributed by atoms with van der Waals surface area (Å²) in [4.78, 5) is 9.15. The first-order valence-corrected chi connectivity index (χ1v) is 11.6. The highest BCUT2D eigenvalue weighted by Crippen LogP contribution is 2.28. The normalized spacial score (nSPS) is 25.4. The van der Waals surface area contributed by atoms with Crippen LogP contribution in [0.5, 0.6) is 0 Å². The topological polar surface area (TPSA) is 53.5 Å². The van der Waals surface area contributed by atoms with Gasteiger partial charge in [0, 0.05) is 43.5 Å². The first kappa shape index (κ1) is 18.6. The molecule has 0 aliphatic carbocycles. The van der Waals surface area contributed by atoms with Gasteiger partial charge in [-0.1, -0.05) is 37.3 Å². The number of rotatable bonds is 5. The van der Waals surface area contributed by atoms with Gasteiger partial charge in [-0.25, -0.2) is 8.42 Å². The number of hydrogen-bond donors (Lipinski definition) is 0. The van der Waals surface area contributed by atoms with E-state index in [1.54, 1.807) is 6.20 Å². The van der Waals surface area contributed by atoms with Crippen LogP contribution in [0.15, 0.2) is 48.7 Å². The Morgan fingerprint density at radius 1 is 1.00 bits per heavy atom. The smallest absolute Gasteiger partial charge is 0.153 e. The first-order chi connectivity index (χ1) is 13.1. The minimum atomic E-state index is -2.94. The van der Waals surface area contributed by atoms with E-state index in [1.807, 2.05) is 18.2 Å². The van der Waals surface area contributed by atoms with Crippen molar-refractivity contribution in [3.8, 4) is 11.3 Å². The predicted octanol–water partition coefficient (Wildman–Crippen LogP) is 2.44. The number of hydrogen-bond acceptors (Lipinski definition) is 5. The standard InChI is InChI=1S/C21H27N3O2S/c1-2-11-23-12-13-24(21-16-27(25,26)15-20(21)23)14-17-6-8-18(9-7-17)19-5-3-4-10-22-19/h3-10,20-21H,2,11-16H2,1H3/t20-,21+/m1/s1. The average molecular weight is 386 g/mol. The van der Waals surface area contributed by atoms with Crippen molar-refractivity contribution >= 4 is 9.84 Å². The molecule has 144 valence electrons. The summed E-state index contributed by atoms with van der Waals surface area (Å²) < 4.78 is 24.6. The van der Waals surface area contributed by atoms with Crippen molar-refractivity contribution in [2.45, 2.75) is 32.0 Å². The van der Waals surface area contributed by atoms with Crippen molar-refractivity contribution in [1.29, 1.82) is 0 Å². The fourth-order valence-corrected chi connectivity index (χ4v) is 6.45. The summed E-state index contributed by atoms with van der Waals surface area (Å²) in [5.74, 6) is 0.608. The van der Waals surface area contributed by atoms with Gasteiger partial charge in [-0.3, -0.25) is 14.8 Å². The fraction of sp³-hybridized carbons (Fsp3) is 0.476. The molecular weight excluding hydrogens is 358 g/mol. The fourth-order valence-electron chi connectivity index (χ4n) is 4.41. The summed E-state index contributed by atoms with van der Waals surface area (Å²) in [5, 5.41) is 0. The number of benzene rings is 1. The monoisotopic (exact) mass is 385 g/mol. The largest absolute Gasteiger partial charge is 0.297 e. The zero-order valence-electron chi connectivity index (χ0n) is 15.8. The Labute approximate surface area is 161 Å². The summed E-state index contributed by atoms with van der Waals surface area (Å²) in [6.45, 7) is 5.84. The summed E-state index contributed by atoms with van der Waals surface area (Å²) in [6.07, 6.45) is 2.87. The minimum Gasteiger partial charge on any atom is -0.297 e. The SMILES string of the molecule is CCCN1CCN(Cc2ccc(-c3ccccn3)cc2)[C@H]2CS(=O)(=O)C[C@H]21. The maximum Gasteiger partial charge on any atom is 0.153 e. The molecule has 5 nitrogen and oxygen atoms in total. The third-order valence-corrected chi connectivity index (χ3v) is 7.42. The molecule has 4 rings (SSSR count). The molecule has 2 aliphatic heterocycles. The van der Waals surface area contributed by atoms with Gasteiger partial charge in [-0.15, -0.1) is 0 Å². The molecule has 0 radical (unpaired) electrons. The molecular formula is C21H27N3O2S. The van der Waals surface area contributed by atoms with Crippen LogP contribution in [0.4, 0.5) is 0 Å².